The molecule has 1 unspecified atom stereocenters. The van der Waals surface area contributed by atoms with Gasteiger partial charge in [0, 0.05) is 18.7 Å². The highest BCUT2D eigenvalue weighted by molar-refractivity contribution is 7.22. The number of amides is 2. The summed E-state index contributed by atoms with van der Waals surface area (Å²) >= 11 is 1.46. The molecule has 138 valence electrons. The van der Waals surface area contributed by atoms with Crippen molar-refractivity contribution in [2.24, 2.45) is 5.92 Å². The molecule has 1 N–H and O–H groups in total. The summed E-state index contributed by atoms with van der Waals surface area (Å²) in [7, 11) is 0. The molecule has 2 heterocycles. The van der Waals surface area contributed by atoms with Gasteiger partial charge < -0.3 is 10.2 Å². The van der Waals surface area contributed by atoms with Crippen molar-refractivity contribution < 1.29 is 9.59 Å². The first-order chi connectivity index (χ1) is 13.0. The number of carbonyl (C=O) groups excluding carboxylic acids is 2. The monoisotopic (exact) mass is 379 g/mol. The summed E-state index contributed by atoms with van der Waals surface area (Å²) in [6, 6.07) is 13.9. The number of fused-ring (bicyclic) bond motifs is 1. The second kappa shape index (κ2) is 7.12. The van der Waals surface area contributed by atoms with Crippen molar-refractivity contribution in [3.8, 4) is 0 Å². The molecule has 27 heavy (non-hydrogen) atoms. The van der Waals surface area contributed by atoms with Gasteiger partial charge in [-0.15, -0.1) is 0 Å². The second-order valence-corrected chi connectivity index (χ2v) is 7.90. The van der Waals surface area contributed by atoms with E-state index >= 15 is 0 Å². The molecule has 0 aliphatic carbocycles. The first kappa shape index (κ1) is 17.7. The Bertz CT molecular complexity index is 1030. The summed E-state index contributed by atoms with van der Waals surface area (Å²) in [5.74, 6) is -0.511. The maximum absolute atomic E-state index is 12.7. The lowest BCUT2D eigenvalue weighted by Crippen LogP contribution is -2.28. The number of hydrogen-bond donors (Lipinski definition) is 1. The summed E-state index contributed by atoms with van der Waals surface area (Å²) < 4.78 is 1.05. The van der Waals surface area contributed by atoms with Crippen LogP contribution in [0.1, 0.15) is 24.5 Å². The van der Waals surface area contributed by atoms with E-state index in [4.69, 9.17) is 0 Å². The molecule has 1 atom stereocenters. The summed E-state index contributed by atoms with van der Waals surface area (Å²) in [6.07, 6.45) is 1.08. The minimum absolute atomic E-state index is 0.00373. The number of benzene rings is 2. The highest BCUT2D eigenvalue weighted by Crippen LogP contribution is 2.31. The number of hydrogen-bond acceptors (Lipinski definition) is 4. The number of nitrogens with zero attached hydrogens (tertiary/aromatic N) is 2. The van der Waals surface area contributed by atoms with Crippen molar-refractivity contribution >= 4 is 44.2 Å². The molecule has 0 bridgehead atoms. The Morgan fingerprint density at radius 3 is 2.93 bits per heavy atom. The van der Waals surface area contributed by atoms with Crippen LogP contribution < -0.4 is 10.2 Å². The van der Waals surface area contributed by atoms with Crippen molar-refractivity contribution in [3.05, 3.63) is 53.6 Å². The zero-order valence-corrected chi connectivity index (χ0v) is 16.2. The van der Waals surface area contributed by atoms with Crippen LogP contribution in [0.2, 0.25) is 0 Å². The van der Waals surface area contributed by atoms with Crippen LogP contribution in [0.5, 0.6) is 0 Å². The Balaban J connectivity index is 1.50. The SMILES string of the molecule is CCc1ccccc1N1CC(C(=O)Nc2nc3ccc(C)cc3s2)CC1=O. The Kier molecular flexibility index (Phi) is 4.66. The number of thiazole rings is 1. The Hall–Kier alpha value is -2.73. The number of anilines is 2. The molecule has 5 nitrogen and oxygen atoms in total. The van der Waals surface area contributed by atoms with Gasteiger partial charge in [0.1, 0.15) is 0 Å². The van der Waals surface area contributed by atoms with E-state index in [1.54, 1.807) is 4.90 Å². The average Bonchev–Trinajstić information content (AvgIpc) is 3.24. The van der Waals surface area contributed by atoms with Gasteiger partial charge in [-0.2, -0.15) is 0 Å². The minimum Gasteiger partial charge on any atom is -0.311 e. The largest absolute Gasteiger partial charge is 0.311 e. The van der Waals surface area contributed by atoms with Gasteiger partial charge in [0.25, 0.3) is 0 Å². The van der Waals surface area contributed by atoms with Crippen LogP contribution in [0.25, 0.3) is 10.2 Å². The van der Waals surface area contributed by atoms with E-state index in [9.17, 15) is 9.59 Å². The molecule has 1 saturated heterocycles. The van der Waals surface area contributed by atoms with Crippen molar-refractivity contribution in [3.63, 3.8) is 0 Å². The molecular formula is C21H21N3O2S. The van der Waals surface area contributed by atoms with Gasteiger partial charge in [0.15, 0.2) is 5.13 Å². The predicted molar refractivity (Wildman–Crippen MR) is 109 cm³/mol. The number of aryl methyl sites for hydroxylation is 2. The number of carbonyl (C=O) groups is 2. The van der Waals surface area contributed by atoms with Gasteiger partial charge in [-0.25, -0.2) is 4.98 Å². The van der Waals surface area contributed by atoms with Crippen LogP contribution >= 0.6 is 11.3 Å². The lowest BCUT2D eigenvalue weighted by Gasteiger charge is -2.19. The fourth-order valence-corrected chi connectivity index (χ4v) is 4.45. The van der Waals surface area contributed by atoms with E-state index in [2.05, 4.69) is 23.3 Å². The molecule has 0 radical (unpaired) electrons. The van der Waals surface area contributed by atoms with E-state index in [1.165, 1.54) is 11.3 Å². The molecular weight excluding hydrogens is 358 g/mol. The van der Waals surface area contributed by atoms with Gasteiger partial charge in [-0.05, 0) is 42.7 Å². The molecule has 1 aromatic heterocycles. The third-order valence-electron chi connectivity index (χ3n) is 4.93. The predicted octanol–water partition coefficient (Wildman–Crippen LogP) is 4.16. The third-order valence-corrected chi connectivity index (χ3v) is 5.87. The number of rotatable bonds is 4. The summed E-state index contributed by atoms with van der Waals surface area (Å²) in [4.78, 5) is 31.5. The van der Waals surface area contributed by atoms with Crippen LogP contribution in [0, 0.1) is 12.8 Å². The summed E-state index contributed by atoms with van der Waals surface area (Å²) in [5, 5.41) is 3.49. The molecule has 1 aliphatic heterocycles. The number of nitrogens with one attached hydrogen (secondary N) is 1. The number of aromatic nitrogens is 1. The van der Waals surface area contributed by atoms with Crippen LogP contribution in [-0.4, -0.2) is 23.3 Å². The smallest absolute Gasteiger partial charge is 0.231 e. The molecule has 1 fully saturated rings. The molecule has 3 aromatic rings. The average molecular weight is 379 g/mol. The van der Waals surface area contributed by atoms with Gasteiger partial charge >= 0.3 is 0 Å². The normalized spacial score (nSPS) is 16.9. The van der Waals surface area contributed by atoms with E-state index in [-0.39, 0.29) is 24.2 Å². The molecule has 4 rings (SSSR count). The van der Waals surface area contributed by atoms with E-state index < -0.39 is 0 Å². The summed E-state index contributed by atoms with van der Waals surface area (Å²) in [5.41, 5.74) is 4.07. The van der Waals surface area contributed by atoms with Crippen LogP contribution in [-0.2, 0) is 16.0 Å². The van der Waals surface area contributed by atoms with E-state index in [0.29, 0.717) is 11.7 Å². The van der Waals surface area contributed by atoms with Crippen molar-refractivity contribution in [2.45, 2.75) is 26.7 Å². The lowest BCUT2D eigenvalue weighted by molar-refractivity contribution is -0.122. The third kappa shape index (κ3) is 3.45. The van der Waals surface area contributed by atoms with E-state index in [1.807, 2.05) is 43.3 Å². The first-order valence-corrected chi connectivity index (χ1v) is 9.93. The van der Waals surface area contributed by atoms with Gasteiger partial charge in [-0.1, -0.05) is 42.5 Å². The zero-order valence-electron chi connectivity index (χ0n) is 15.4. The standard InChI is InChI=1S/C21H21N3O2S/c1-3-14-6-4-5-7-17(14)24-12-15(11-19(24)25)20(26)23-21-22-16-9-8-13(2)10-18(16)27-21/h4-10,15H,3,11-12H2,1-2H3,(H,22,23,26). The highest BCUT2D eigenvalue weighted by Gasteiger charge is 2.36. The van der Waals surface area contributed by atoms with Crippen LogP contribution in [0.15, 0.2) is 42.5 Å². The molecule has 6 heteroatoms. The maximum Gasteiger partial charge on any atom is 0.231 e. The van der Waals surface area contributed by atoms with Gasteiger partial charge in [-0.3, -0.25) is 9.59 Å². The van der Waals surface area contributed by atoms with Gasteiger partial charge in [0.05, 0.1) is 16.1 Å². The topological polar surface area (TPSA) is 62.3 Å². The van der Waals surface area contributed by atoms with Gasteiger partial charge in [0.2, 0.25) is 11.8 Å². The molecule has 2 aromatic carbocycles. The molecule has 0 spiro atoms. The minimum atomic E-state index is -0.365. The fourth-order valence-electron chi connectivity index (χ4n) is 3.48. The Labute approximate surface area is 162 Å². The van der Waals surface area contributed by atoms with Crippen LogP contribution in [0.4, 0.5) is 10.8 Å². The van der Waals surface area contributed by atoms with E-state index in [0.717, 1.165) is 33.5 Å². The second-order valence-electron chi connectivity index (χ2n) is 6.87. The maximum atomic E-state index is 12.7. The van der Waals surface area contributed by atoms with Crippen molar-refractivity contribution in [2.75, 3.05) is 16.8 Å². The molecule has 2 amide bonds. The quantitative estimate of drug-likeness (QED) is 0.740. The molecule has 0 saturated carbocycles. The van der Waals surface area contributed by atoms with Crippen LogP contribution in [0.3, 0.4) is 0 Å². The van der Waals surface area contributed by atoms with Crippen molar-refractivity contribution in [1.29, 1.82) is 0 Å². The zero-order chi connectivity index (χ0) is 19.0. The first-order valence-electron chi connectivity index (χ1n) is 9.11. The highest BCUT2D eigenvalue weighted by atomic mass is 32.1. The number of para-hydroxylation sites is 1. The lowest BCUT2D eigenvalue weighted by atomic mass is 10.1. The Morgan fingerprint density at radius 2 is 2.11 bits per heavy atom. The Morgan fingerprint density at radius 1 is 1.30 bits per heavy atom. The molecule has 1 aliphatic rings. The summed E-state index contributed by atoms with van der Waals surface area (Å²) in [6.45, 7) is 4.51. The fraction of sp³-hybridized carbons (Fsp3) is 0.286. The van der Waals surface area contributed by atoms with Crippen molar-refractivity contribution in [1.82, 2.24) is 4.98 Å².